The van der Waals surface area contributed by atoms with Gasteiger partial charge in [0.25, 0.3) is 0 Å². The van der Waals surface area contributed by atoms with E-state index in [2.05, 4.69) is 90.4 Å². The summed E-state index contributed by atoms with van der Waals surface area (Å²) >= 11 is 0. The van der Waals surface area contributed by atoms with Crippen molar-refractivity contribution in [2.24, 2.45) is 11.8 Å². The van der Waals surface area contributed by atoms with Crippen molar-refractivity contribution in [1.82, 2.24) is 0 Å². The Morgan fingerprint density at radius 1 is 1.21 bits per heavy atom. The molecular weight excluding hydrogens is 422 g/mol. The summed E-state index contributed by atoms with van der Waals surface area (Å²) in [5.74, 6) is 0.801. The lowest BCUT2D eigenvalue weighted by atomic mass is 9.82. The molecule has 0 N–H and O–H groups in total. The SMILES string of the molecule is C=C(CCCCC)[C@@H](CC)[C@H](C)C(=O)N1CC(CCO[Si](C)(C)C(C)(C)C)c2ccccc21. The summed E-state index contributed by atoms with van der Waals surface area (Å²) in [6, 6.07) is 8.47. The molecule has 2 rings (SSSR count). The van der Waals surface area contributed by atoms with Crippen LogP contribution in [0.1, 0.15) is 91.5 Å². The van der Waals surface area contributed by atoms with E-state index in [0.29, 0.717) is 5.92 Å². The normalized spacial score (nSPS) is 18.2. The maximum absolute atomic E-state index is 13.7. The maximum atomic E-state index is 13.7. The van der Waals surface area contributed by atoms with Gasteiger partial charge in [0.05, 0.1) is 0 Å². The summed E-state index contributed by atoms with van der Waals surface area (Å²) in [4.78, 5) is 15.8. The summed E-state index contributed by atoms with van der Waals surface area (Å²) in [5, 5.41) is 0.215. The van der Waals surface area contributed by atoms with Gasteiger partial charge in [-0.1, -0.05) is 84.7 Å². The zero-order chi connectivity index (χ0) is 24.8. The third kappa shape index (κ3) is 6.82. The number of unbranched alkanes of at least 4 members (excludes halogenated alkanes) is 2. The molecule has 1 unspecified atom stereocenters. The van der Waals surface area contributed by atoms with Gasteiger partial charge in [-0.25, -0.2) is 0 Å². The first-order valence-corrected chi connectivity index (χ1v) is 16.1. The first-order valence-electron chi connectivity index (χ1n) is 13.2. The Hall–Kier alpha value is -1.39. The van der Waals surface area contributed by atoms with Crippen LogP contribution in [0.5, 0.6) is 0 Å². The number of carbonyl (C=O) groups is 1. The largest absolute Gasteiger partial charge is 0.417 e. The fourth-order valence-electron chi connectivity index (χ4n) is 4.83. The van der Waals surface area contributed by atoms with E-state index in [0.717, 1.165) is 38.1 Å². The van der Waals surface area contributed by atoms with Crippen molar-refractivity contribution in [2.45, 2.75) is 104 Å². The van der Waals surface area contributed by atoms with E-state index in [1.165, 1.54) is 30.4 Å². The Bertz CT molecular complexity index is 795. The fourth-order valence-corrected chi connectivity index (χ4v) is 5.89. The minimum atomic E-state index is -1.76. The number of para-hydroxylation sites is 1. The predicted octanol–water partition coefficient (Wildman–Crippen LogP) is 8.33. The molecule has 33 heavy (non-hydrogen) atoms. The first kappa shape index (κ1) is 27.8. The summed E-state index contributed by atoms with van der Waals surface area (Å²) in [5.41, 5.74) is 3.64. The quantitative estimate of drug-likeness (QED) is 0.174. The molecule has 1 aliphatic rings. The number of amides is 1. The summed E-state index contributed by atoms with van der Waals surface area (Å²) in [6.45, 7) is 23.9. The zero-order valence-corrected chi connectivity index (χ0v) is 23.7. The molecule has 1 aromatic carbocycles. The van der Waals surface area contributed by atoms with Gasteiger partial charge in [0, 0.05) is 30.7 Å². The minimum absolute atomic E-state index is 0.0422. The molecule has 3 nitrogen and oxygen atoms in total. The number of rotatable bonds is 12. The van der Waals surface area contributed by atoms with Crippen molar-refractivity contribution in [1.29, 1.82) is 0 Å². The van der Waals surface area contributed by atoms with E-state index in [4.69, 9.17) is 4.43 Å². The highest BCUT2D eigenvalue weighted by molar-refractivity contribution is 6.74. The monoisotopic (exact) mass is 471 g/mol. The average molecular weight is 472 g/mol. The van der Waals surface area contributed by atoms with E-state index < -0.39 is 8.32 Å². The molecule has 0 saturated carbocycles. The highest BCUT2D eigenvalue weighted by Crippen LogP contribution is 2.41. The Balaban J connectivity index is 2.10. The van der Waals surface area contributed by atoms with Gasteiger partial charge in [0.1, 0.15) is 0 Å². The molecule has 0 fully saturated rings. The van der Waals surface area contributed by atoms with Crippen LogP contribution in [0.3, 0.4) is 0 Å². The number of benzene rings is 1. The van der Waals surface area contributed by atoms with Crippen molar-refractivity contribution in [3.8, 4) is 0 Å². The molecule has 0 spiro atoms. The van der Waals surface area contributed by atoms with Gasteiger partial charge in [-0.3, -0.25) is 4.79 Å². The molecule has 4 heteroatoms. The molecule has 1 aliphatic heterocycles. The van der Waals surface area contributed by atoms with E-state index in [1.807, 2.05) is 0 Å². The standard InChI is InChI=1S/C29H49NO2Si/c1-10-12-13-16-22(3)25(11-2)23(4)28(31)30-21-24(26-17-14-15-18-27(26)30)19-20-32-33(8,9)29(5,6)7/h14-15,17-18,23-25H,3,10-13,16,19-21H2,1-2,4-9H3/t23-,24?,25+/m0/s1. The van der Waals surface area contributed by atoms with Gasteiger partial charge >= 0.3 is 0 Å². The predicted molar refractivity (Wildman–Crippen MR) is 146 cm³/mol. The minimum Gasteiger partial charge on any atom is -0.417 e. The topological polar surface area (TPSA) is 29.5 Å². The lowest BCUT2D eigenvalue weighted by Gasteiger charge is -2.36. The fraction of sp³-hybridized carbons (Fsp3) is 0.690. The Labute approximate surface area is 205 Å². The smallest absolute Gasteiger partial charge is 0.230 e. The van der Waals surface area contributed by atoms with Crippen LogP contribution in [0.15, 0.2) is 36.4 Å². The number of carbonyl (C=O) groups excluding carboxylic acids is 1. The number of fused-ring (bicyclic) bond motifs is 1. The van der Waals surface area contributed by atoms with Crippen molar-refractivity contribution in [2.75, 3.05) is 18.1 Å². The zero-order valence-electron chi connectivity index (χ0n) is 22.7. The van der Waals surface area contributed by atoms with E-state index in [1.54, 1.807) is 0 Å². The van der Waals surface area contributed by atoms with Crippen molar-refractivity contribution >= 4 is 19.9 Å². The second-order valence-electron chi connectivity index (χ2n) is 11.5. The lowest BCUT2D eigenvalue weighted by Crippen LogP contribution is -2.41. The third-order valence-corrected chi connectivity index (χ3v) is 12.7. The maximum Gasteiger partial charge on any atom is 0.230 e. The number of nitrogens with zero attached hydrogens (tertiary/aromatic N) is 1. The van der Waals surface area contributed by atoms with Gasteiger partial charge in [0.2, 0.25) is 5.91 Å². The molecule has 1 heterocycles. The van der Waals surface area contributed by atoms with Crippen LogP contribution in [0.4, 0.5) is 5.69 Å². The Kier molecular flexibility index (Phi) is 9.99. The number of hydrogen-bond acceptors (Lipinski definition) is 2. The van der Waals surface area contributed by atoms with Crippen LogP contribution >= 0.6 is 0 Å². The van der Waals surface area contributed by atoms with Gasteiger partial charge < -0.3 is 9.33 Å². The van der Waals surface area contributed by atoms with Crippen LogP contribution in [-0.4, -0.2) is 27.4 Å². The average Bonchev–Trinajstić information content (AvgIpc) is 3.11. The molecule has 0 saturated heterocycles. The molecule has 0 bridgehead atoms. The molecule has 1 amide bonds. The molecule has 0 aromatic heterocycles. The first-order chi connectivity index (χ1) is 15.4. The summed E-state index contributed by atoms with van der Waals surface area (Å²) in [6.07, 6.45) is 6.59. The van der Waals surface area contributed by atoms with E-state index in [9.17, 15) is 4.79 Å². The Morgan fingerprint density at radius 2 is 1.88 bits per heavy atom. The van der Waals surface area contributed by atoms with E-state index >= 15 is 0 Å². The number of anilines is 1. The molecule has 3 atom stereocenters. The molecule has 0 radical (unpaired) electrons. The highest BCUT2D eigenvalue weighted by Gasteiger charge is 2.39. The summed E-state index contributed by atoms with van der Waals surface area (Å²) in [7, 11) is -1.76. The number of hydrogen-bond donors (Lipinski definition) is 0. The second kappa shape index (κ2) is 11.8. The summed E-state index contributed by atoms with van der Waals surface area (Å²) < 4.78 is 6.47. The van der Waals surface area contributed by atoms with Crippen LogP contribution in [0.25, 0.3) is 0 Å². The molecule has 186 valence electrons. The molecule has 0 aliphatic carbocycles. The van der Waals surface area contributed by atoms with Crippen LogP contribution in [0.2, 0.25) is 18.1 Å². The van der Waals surface area contributed by atoms with Gasteiger partial charge in [-0.05, 0) is 61.4 Å². The highest BCUT2D eigenvalue weighted by atomic mass is 28.4. The van der Waals surface area contributed by atoms with Crippen LogP contribution in [-0.2, 0) is 9.22 Å². The third-order valence-electron chi connectivity index (χ3n) is 8.13. The van der Waals surface area contributed by atoms with E-state index in [-0.39, 0.29) is 22.8 Å². The van der Waals surface area contributed by atoms with Gasteiger partial charge in [0.15, 0.2) is 8.32 Å². The number of allylic oxidation sites excluding steroid dienone is 1. The van der Waals surface area contributed by atoms with Gasteiger partial charge in [-0.15, -0.1) is 0 Å². The van der Waals surface area contributed by atoms with Crippen LogP contribution < -0.4 is 4.90 Å². The molecule has 1 aromatic rings. The van der Waals surface area contributed by atoms with Crippen molar-refractivity contribution < 1.29 is 9.22 Å². The second-order valence-corrected chi connectivity index (χ2v) is 16.3. The van der Waals surface area contributed by atoms with Crippen molar-refractivity contribution in [3.05, 3.63) is 42.0 Å². The van der Waals surface area contributed by atoms with Crippen molar-refractivity contribution in [3.63, 3.8) is 0 Å². The Morgan fingerprint density at radius 3 is 2.48 bits per heavy atom. The molecular formula is C29H49NO2Si. The van der Waals surface area contributed by atoms with Gasteiger partial charge in [-0.2, -0.15) is 0 Å². The van der Waals surface area contributed by atoms with Crippen LogP contribution in [0, 0.1) is 11.8 Å². The lowest BCUT2D eigenvalue weighted by molar-refractivity contribution is -0.123.